The quantitative estimate of drug-likeness (QED) is 0.782. The van der Waals surface area contributed by atoms with Gasteiger partial charge in [0, 0.05) is 12.5 Å². The van der Waals surface area contributed by atoms with Gasteiger partial charge in [0.05, 0.1) is 0 Å². The molecule has 1 atom stereocenters. The summed E-state index contributed by atoms with van der Waals surface area (Å²) in [5.41, 5.74) is 0. The molecule has 1 aliphatic heterocycles. The normalized spacial score (nSPS) is 22.9. The van der Waals surface area contributed by atoms with Gasteiger partial charge in [0.25, 0.3) is 0 Å². The summed E-state index contributed by atoms with van der Waals surface area (Å²) in [5.74, 6) is 0. The van der Waals surface area contributed by atoms with Crippen molar-refractivity contribution in [1.29, 1.82) is 0 Å². The van der Waals surface area contributed by atoms with Gasteiger partial charge in [0.2, 0.25) is 0 Å². The second kappa shape index (κ2) is 7.21. The number of alkyl halides is 3. The second-order valence-electron chi connectivity index (χ2n) is 4.80. The highest BCUT2D eigenvalue weighted by Gasteiger charge is 2.28. The first-order valence-electron chi connectivity index (χ1n) is 6.48. The number of likely N-dealkylation sites (tertiary alicyclic amines) is 1. The van der Waals surface area contributed by atoms with E-state index in [0.717, 1.165) is 32.4 Å². The van der Waals surface area contributed by atoms with Crippen molar-refractivity contribution in [2.75, 3.05) is 26.7 Å². The van der Waals surface area contributed by atoms with Crippen LogP contribution in [0.1, 0.15) is 38.5 Å². The third-order valence-corrected chi connectivity index (χ3v) is 3.38. The van der Waals surface area contributed by atoms with E-state index >= 15 is 0 Å². The number of piperidine rings is 1. The van der Waals surface area contributed by atoms with Gasteiger partial charge in [0.1, 0.15) is 0 Å². The summed E-state index contributed by atoms with van der Waals surface area (Å²) in [6.07, 6.45) is 0.0977. The lowest BCUT2D eigenvalue weighted by molar-refractivity contribution is -0.136. The van der Waals surface area contributed by atoms with Crippen molar-refractivity contribution in [3.05, 3.63) is 0 Å². The van der Waals surface area contributed by atoms with E-state index in [9.17, 15) is 13.2 Å². The third kappa shape index (κ3) is 6.27. The Balaban J connectivity index is 2.27. The molecular weight excluding hydrogens is 229 g/mol. The molecule has 0 saturated carbocycles. The molecule has 1 saturated heterocycles. The summed E-state index contributed by atoms with van der Waals surface area (Å²) in [5, 5.41) is 3.11. The summed E-state index contributed by atoms with van der Waals surface area (Å²) in [6, 6.07) is 0.476. The van der Waals surface area contributed by atoms with Gasteiger partial charge in [-0.1, -0.05) is 6.42 Å². The minimum atomic E-state index is -4.00. The first-order chi connectivity index (χ1) is 8.03. The van der Waals surface area contributed by atoms with Gasteiger partial charge >= 0.3 is 6.18 Å². The summed E-state index contributed by atoms with van der Waals surface area (Å²) in [4.78, 5) is 2.24. The van der Waals surface area contributed by atoms with Crippen LogP contribution in [0.2, 0.25) is 0 Å². The van der Waals surface area contributed by atoms with Crippen LogP contribution in [0.15, 0.2) is 0 Å². The van der Waals surface area contributed by atoms with E-state index in [1.807, 2.05) is 7.05 Å². The smallest absolute Gasteiger partial charge is 0.320 e. The van der Waals surface area contributed by atoms with Crippen LogP contribution in [0.25, 0.3) is 0 Å². The van der Waals surface area contributed by atoms with E-state index in [1.54, 1.807) is 0 Å². The molecule has 0 spiro atoms. The molecule has 0 radical (unpaired) electrons. The molecule has 1 rings (SSSR count). The maximum atomic E-state index is 12.1. The van der Waals surface area contributed by atoms with Gasteiger partial charge in [-0.05, 0) is 52.4 Å². The number of rotatable bonds is 6. The monoisotopic (exact) mass is 252 g/mol. The van der Waals surface area contributed by atoms with Gasteiger partial charge in [-0.2, -0.15) is 13.2 Å². The SMILES string of the molecule is CNCCC1CCCCN1CCCC(F)(F)F. The zero-order chi connectivity index (χ0) is 12.7. The summed E-state index contributed by atoms with van der Waals surface area (Å²) < 4.78 is 36.2. The van der Waals surface area contributed by atoms with Crippen molar-refractivity contribution in [2.45, 2.75) is 50.7 Å². The summed E-state index contributed by atoms with van der Waals surface area (Å²) in [6.45, 7) is 2.50. The van der Waals surface area contributed by atoms with E-state index in [2.05, 4.69) is 10.2 Å². The fraction of sp³-hybridized carbons (Fsp3) is 1.00. The minimum absolute atomic E-state index is 0.236. The van der Waals surface area contributed by atoms with Crippen LogP contribution in [0.3, 0.4) is 0 Å². The fourth-order valence-electron chi connectivity index (χ4n) is 2.47. The van der Waals surface area contributed by atoms with E-state index in [4.69, 9.17) is 0 Å². The molecule has 2 nitrogen and oxygen atoms in total. The van der Waals surface area contributed by atoms with E-state index < -0.39 is 12.6 Å². The standard InChI is InChI=1S/C12H23F3N2/c1-16-8-6-11-5-2-3-9-17(11)10-4-7-12(13,14)15/h11,16H,2-10H2,1H3. The maximum Gasteiger partial charge on any atom is 0.389 e. The molecule has 102 valence electrons. The molecular formula is C12H23F3N2. The van der Waals surface area contributed by atoms with Crippen LogP contribution < -0.4 is 5.32 Å². The third-order valence-electron chi connectivity index (χ3n) is 3.38. The lowest BCUT2D eigenvalue weighted by Crippen LogP contribution is -2.41. The number of nitrogens with zero attached hydrogens (tertiary/aromatic N) is 1. The summed E-state index contributed by atoms with van der Waals surface area (Å²) in [7, 11) is 1.91. The average Bonchev–Trinajstić information content (AvgIpc) is 2.26. The predicted molar refractivity (Wildman–Crippen MR) is 63.0 cm³/mol. The first kappa shape index (κ1) is 14.8. The van der Waals surface area contributed by atoms with Gasteiger partial charge in [-0.3, -0.25) is 0 Å². The Kier molecular flexibility index (Phi) is 6.27. The molecule has 1 N–H and O–H groups in total. The van der Waals surface area contributed by atoms with Gasteiger partial charge in [-0.15, -0.1) is 0 Å². The number of halogens is 3. The number of hydrogen-bond donors (Lipinski definition) is 1. The van der Waals surface area contributed by atoms with Crippen LogP contribution in [-0.4, -0.2) is 43.8 Å². The molecule has 1 fully saturated rings. The van der Waals surface area contributed by atoms with Gasteiger partial charge < -0.3 is 10.2 Å². The lowest BCUT2D eigenvalue weighted by atomic mass is 9.99. The van der Waals surface area contributed by atoms with Crippen molar-refractivity contribution in [2.24, 2.45) is 0 Å². The molecule has 0 aromatic carbocycles. The zero-order valence-corrected chi connectivity index (χ0v) is 10.5. The largest absolute Gasteiger partial charge is 0.389 e. The second-order valence-corrected chi connectivity index (χ2v) is 4.80. The molecule has 17 heavy (non-hydrogen) atoms. The molecule has 1 heterocycles. The Morgan fingerprint density at radius 2 is 2.06 bits per heavy atom. The Hall–Kier alpha value is -0.290. The van der Waals surface area contributed by atoms with Crippen LogP contribution in [0, 0.1) is 0 Å². The molecule has 0 aromatic heterocycles. The Bertz CT molecular complexity index is 206. The van der Waals surface area contributed by atoms with Crippen molar-refractivity contribution < 1.29 is 13.2 Å². The molecule has 1 aliphatic rings. The molecule has 0 amide bonds. The molecule has 5 heteroatoms. The fourth-order valence-corrected chi connectivity index (χ4v) is 2.47. The number of hydrogen-bond acceptors (Lipinski definition) is 2. The lowest BCUT2D eigenvalue weighted by Gasteiger charge is -2.36. The van der Waals surface area contributed by atoms with Crippen molar-refractivity contribution >= 4 is 0 Å². The van der Waals surface area contributed by atoms with Gasteiger partial charge in [0.15, 0.2) is 0 Å². The van der Waals surface area contributed by atoms with Crippen molar-refractivity contribution in [1.82, 2.24) is 10.2 Å². The molecule has 0 aliphatic carbocycles. The topological polar surface area (TPSA) is 15.3 Å². The maximum absolute atomic E-state index is 12.1. The average molecular weight is 252 g/mol. The van der Waals surface area contributed by atoms with Crippen LogP contribution in [-0.2, 0) is 0 Å². The first-order valence-corrected chi connectivity index (χ1v) is 6.48. The van der Waals surface area contributed by atoms with E-state index in [0.29, 0.717) is 12.6 Å². The van der Waals surface area contributed by atoms with Crippen LogP contribution >= 0.6 is 0 Å². The van der Waals surface area contributed by atoms with Crippen LogP contribution in [0.5, 0.6) is 0 Å². The van der Waals surface area contributed by atoms with Gasteiger partial charge in [-0.25, -0.2) is 0 Å². The highest BCUT2D eigenvalue weighted by Crippen LogP contribution is 2.24. The molecule has 1 unspecified atom stereocenters. The minimum Gasteiger partial charge on any atom is -0.320 e. The summed E-state index contributed by atoms with van der Waals surface area (Å²) >= 11 is 0. The Morgan fingerprint density at radius 1 is 1.29 bits per heavy atom. The van der Waals surface area contributed by atoms with Crippen LogP contribution in [0.4, 0.5) is 13.2 Å². The van der Waals surface area contributed by atoms with Crippen molar-refractivity contribution in [3.8, 4) is 0 Å². The Labute approximate surface area is 102 Å². The number of nitrogens with one attached hydrogen (secondary N) is 1. The zero-order valence-electron chi connectivity index (χ0n) is 10.5. The molecule has 0 aromatic rings. The predicted octanol–water partition coefficient (Wildman–Crippen LogP) is 2.79. The molecule has 0 bridgehead atoms. The van der Waals surface area contributed by atoms with Crippen molar-refractivity contribution in [3.63, 3.8) is 0 Å². The van der Waals surface area contributed by atoms with E-state index in [-0.39, 0.29) is 6.42 Å². The highest BCUT2D eigenvalue weighted by molar-refractivity contribution is 4.77. The van der Waals surface area contributed by atoms with E-state index in [1.165, 1.54) is 6.42 Å². The Morgan fingerprint density at radius 3 is 2.71 bits per heavy atom. The highest BCUT2D eigenvalue weighted by atomic mass is 19.4.